The van der Waals surface area contributed by atoms with Gasteiger partial charge in [0.1, 0.15) is 0 Å². The first kappa shape index (κ1) is 6.69. The first-order valence-corrected chi connectivity index (χ1v) is 4.33. The van der Waals surface area contributed by atoms with Crippen molar-refractivity contribution in [2.45, 2.75) is 0 Å². The number of rotatable bonds is 1. The Labute approximate surface area is 65.3 Å². The third kappa shape index (κ3) is 1.49. The first-order valence-electron chi connectivity index (χ1n) is 2.64. The van der Waals surface area contributed by atoms with Gasteiger partial charge < -0.3 is 0 Å². The van der Waals surface area contributed by atoms with Gasteiger partial charge in [0, 0.05) is 0 Å². The molecule has 0 heterocycles. The summed E-state index contributed by atoms with van der Waals surface area (Å²) in [4.78, 5) is 0. The van der Waals surface area contributed by atoms with Gasteiger partial charge >= 0.3 is 65.0 Å². The molecule has 0 aromatic heterocycles. The average Bonchev–Trinajstić information content (AvgIpc) is 1.89. The van der Waals surface area contributed by atoms with E-state index < -0.39 is 0 Å². The Balaban J connectivity index is 3.15. The first-order chi connectivity index (χ1) is 4.34. The van der Waals surface area contributed by atoms with Gasteiger partial charge in [-0.15, -0.1) is 0 Å². The summed E-state index contributed by atoms with van der Waals surface area (Å²) in [6.45, 7) is 0. The number of anilines is 1. The van der Waals surface area contributed by atoms with Crippen LogP contribution in [0.15, 0.2) is 24.3 Å². The van der Waals surface area contributed by atoms with E-state index in [0.29, 0.717) is 0 Å². The maximum atomic E-state index is 5.61. The van der Waals surface area contributed by atoms with Gasteiger partial charge in [-0.3, -0.25) is 0 Å². The van der Waals surface area contributed by atoms with Crippen LogP contribution in [0.4, 0.5) is 5.69 Å². The Morgan fingerprint density at radius 3 is 2.44 bits per heavy atom. The summed E-state index contributed by atoms with van der Waals surface area (Å²) in [5.41, 5.74) is 7.63. The number of benzene rings is 1. The number of nitrogen functional groups attached to an aromatic ring is 1. The van der Waals surface area contributed by atoms with E-state index in [9.17, 15) is 0 Å². The molecule has 2 heteroatoms. The van der Waals surface area contributed by atoms with Gasteiger partial charge in [-0.2, -0.15) is 0 Å². The number of para-hydroxylation sites is 1. The van der Waals surface area contributed by atoms with Crippen molar-refractivity contribution >= 4 is 10.1 Å². The van der Waals surface area contributed by atoms with Gasteiger partial charge in [0.05, 0.1) is 0 Å². The molecule has 1 aromatic rings. The molecule has 0 aliphatic rings. The molecule has 0 fully saturated rings. The number of hydrogen-bond acceptors (Lipinski definition) is 1. The molecular formula is C7H7NW. The number of nitrogens with two attached hydrogens (primary N) is 1. The van der Waals surface area contributed by atoms with Crippen molar-refractivity contribution in [3.63, 3.8) is 0 Å². The fourth-order valence-electron chi connectivity index (χ4n) is 0.618. The molecule has 46 valence electrons. The van der Waals surface area contributed by atoms with E-state index in [2.05, 4.69) is 4.40 Å². The Kier molecular flexibility index (Phi) is 2.18. The quantitative estimate of drug-likeness (QED) is 0.766. The normalized spacial score (nSPS) is 8.89. The summed E-state index contributed by atoms with van der Waals surface area (Å²) in [5, 5.41) is 0. The zero-order valence-corrected chi connectivity index (χ0v) is 7.81. The molecule has 0 unspecified atom stereocenters. The van der Waals surface area contributed by atoms with Crippen LogP contribution in [0.3, 0.4) is 0 Å². The standard InChI is InChI=1S/C7H7N.W/c1-6-4-2-3-5-7(6)8;/h1-5H,8H2;. The Morgan fingerprint density at radius 1 is 1.33 bits per heavy atom. The van der Waals surface area contributed by atoms with Crippen molar-refractivity contribution in [3.8, 4) is 0 Å². The van der Waals surface area contributed by atoms with Gasteiger partial charge in [0.15, 0.2) is 0 Å². The molecule has 0 amide bonds. The molecule has 9 heavy (non-hydrogen) atoms. The van der Waals surface area contributed by atoms with Crippen LogP contribution in [-0.2, 0) is 19.4 Å². The van der Waals surface area contributed by atoms with E-state index in [1.807, 2.05) is 24.3 Å². The molecule has 1 rings (SSSR count). The zero-order valence-electron chi connectivity index (χ0n) is 4.87. The Bertz CT molecular complexity index is 220. The Hall–Kier alpha value is -0.422. The van der Waals surface area contributed by atoms with Crippen molar-refractivity contribution in [2.75, 3.05) is 5.73 Å². The van der Waals surface area contributed by atoms with Crippen LogP contribution in [-0.4, -0.2) is 4.40 Å². The molecule has 0 aliphatic carbocycles. The fourth-order valence-corrected chi connectivity index (χ4v) is 1.39. The van der Waals surface area contributed by atoms with Crippen molar-refractivity contribution < 1.29 is 19.4 Å². The molecule has 0 spiro atoms. The second-order valence-corrected chi connectivity index (χ2v) is 2.59. The average molecular weight is 289 g/mol. The van der Waals surface area contributed by atoms with Crippen LogP contribution in [0.2, 0.25) is 0 Å². The third-order valence-electron chi connectivity index (χ3n) is 1.12. The van der Waals surface area contributed by atoms with Crippen molar-refractivity contribution in [1.29, 1.82) is 0 Å². The SMILES string of the molecule is Nc1ccccc1[CH]=[W]. The summed E-state index contributed by atoms with van der Waals surface area (Å²) in [6, 6.07) is 7.86. The van der Waals surface area contributed by atoms with Crippen LogP contribution in [0.25, 0.3) is 0 Å². The Morgan fingerprint density at radius 2 is 2.00 bits per heavy atom. The molecule has 0 saturated carbocycles. The van der Waals surface area contributed by atoms with E-state index in [1.54, 1.807) is 0 Å². The molecule has 0 saturated heterocycles. The van der Waals surface area contributed by atoms with Gasteiger partial charge in [0.25, 0.3) is 0 Å². The van der Waals surface area contributed by atoms with Crippen LogP contribution in [0, 0.1) is 0 Å². The topological polar surface area (TPSA) is 26.0 Å². The second kappa shape index (κ2) is 2.93. The van der Waals surface area contributed by atoms with Crippen LogP contribution >= 0.6 is 0 Å². The van der Waals surface area contributed by atoms with Crippen LogP contribution in [0.5, 0.6) is 0 Å². The monoisotopic (exact) mass is 289 g/mol. The summed E-state index contributed by atoms with van der Waals surface area (Å²) in [6.07, 6.45) is 0. The predicted molar refractivity (Wildman–Crippen MR) is 36.0 cm³/mol. The van der Waals surface area contributed by atoms with E-state index in [0.717, 1.165) is 11.3 Å². The second-order valence-electron chi connectivity index (χ2n) is 1.75. The molecule has 1 aromatic carbocycles. The summed E-state index contributed by atoms with van der Waals surface area (Å²) < 4.78 is 2.08. The molecule has 2 N–H and O–H groups in total. The molecular weight excluding hydrogens is 282 g/mol. The molecule has 0 atom stereocenters. The number of hydrogen-bond donors (Lipinski definition) is 1. The minimum absolute atomic E-state index is 0.868. The maximum absolute atomic E-state index is 5.61. The van der Waals surface area contributed by atoms with E-state index in [4.69, 9.17) is 5.73 Å². The fraction of sp³-hybridized carbons (Fsp3) is 0. The van der Waals surface area contributed by atoms with Crippen molar-refractivity contribution in [1.82, 2.24) is 0 Å². The van der Waals surface area contributed by atoms with Gasteiger partial charge in [-0.05, 0) is 0 Å². The zero-order chi connectivity index (χ0) is 6.69. The van der Waals surface area contributed by atoms with Crippen LogP contribution < -0.4 is 5.73 Å². The minimum atomic E-state index is 0.868. The third-order valence-corrected chi connectivity index (χ3v) is 2.04. The van der Waals surface area contributed by atoms with Crippen LogP contribution in [0.1, 0.15) is 5.56 Å². The summed E-state index contributed by atoms with van der Waals surface area (Å²) in [5.74, 6) is 0. The summed E-state index contributed by atoms with van der Waals surface area (Å²) in [7, 11) is 0. The van der Waals surface area contributed by atoms with E-state index >= 15 is 0 Å². The predicted octanol–water partition coefficient (Wildman–Crippen LogP) is 0.966. The van der Waals surface area contributed by atoms with Gasteiger partial charge in [0.2, 0.25) is 0 Å². The van der Waals surface area contributed by atoms with Gasteiger partial charge in [-0.25, -0.2) is 0 Å². The van der Waals surface area contributed by atoms with E-state index in [-0.39, 0.29) is 0 Å². The molecule has 0 bridgehead atoms. The van der Waals surface area contributed by atoms with Crippen molar-refractivity contribution in [2.24, 2.45) is 0 Å². The van der Waals surface area contributed by atoms with E-state index in [1.165, 1.54) is 19.4 Å². The van der Waals surface area contributed by atoms with Crippen molar-refractivity contribution in [3.05, 3.63) is 29.8 Å². The molecule has 0 radical (unpaired) electrons. The summed E-state index contributed by atoms with van der Waals surface area (Å²) >= 11 is 1.43. The molecule has 1 nitrogen and oxygen atoms in total. The van der Waals surface area contributed by atoms with Gasteiger partial charge in [-0.1, -0.05) is 0 Å². The molecule has 0 aliphatic heterocycles.